The summed E-state index contributed by atoms with van der Waals surface area (Å²) < 4.78 is 13.3. The van der Waals surface area contributed by atoms with Crippen LogP contribution in [-0.2, 0) is 6.42 Å². The summed E-state index contributed by atoms with van der Waals surface area (Å²) >= 11 is 0. The van der Waals surface area contributed by atoms with Crippen LogP contribution in [0, 0.1) is 26.6 Å². The van der Waals surface area contributed by atoms with Crippen LogP contribution in [-0.4, -0.2) is 5.78 Å². The lowest BCUT2D eigenvalue weighted by atomic mass is 9.93. The van der Waals surface area contributed by atoms with Crippen molar-refractivity contribution in [2.75, 3.05) is 0 Å². The van der Waals surface area contributed by atoms with Gasteiger partial charge in [0.2, 0.25) is 0 Å². The summed E-state index contributed by atoms with van der Waals surface area (Å²) in [6, 6.07) is 10.7. The zero-order valence-corrected chi connectivity index (χ0v) is 11.5. The molecule has 2 heteroatoms. The second kappa shape index (κ2) is 5.35. The van der Waals surface area contributed by atoms with E-state index in [0.29, 0.717) is 23.1 Å². The summed E-state index contributed by atoms with van der Waals surface area (Å²) in [5.41, 5.74) is 4.18. The third-order valence-electron chi connectivity index (χ3n) is 3.39. The molecule has 0 fully saturated rings. The minimum absolute atomic E-state index is 0.0456. The molecule has 2 aromatic rings. The third kappa shape index (κ3) is 2.90. The SMILES string of the molecule is Cc1ccccc1CC(=O)c1c(C)cc(F)cc1C. The number of hydrogen-bond donors (Lipinski definition) is 0. The van der Waals surface area contributed by atoms with E-state index in [4.69, 9.17) is 0 Å². The second-order valence-electron chi connectivity index (χ2n) is 4.94. The maximum Gasteiger partial charge on any atom is 0.167 e. The van der Waals surface area contributed by atoms with Crippen molar-refractivity contribution >= 4 is 5.78 Å². The highest BCUT2D eigenvalue weighted by Crippen LogP contribution is 2.19. The lowest BCUT2D eigenvalue weighted by molar-refractivity contribution is 0.0991. The van der Waals surface area contributed by atoms with Crippen molar-refractivity contribution < 1.29 is 9.18 Å². The fourth-order valence-electron chi connectivity index (χ4n) is 2.42. The van der Waals surface area contributed by atoms with E-state index in [-0.39, 0.29) is 11.6 Å². The summed E-state index contributed by atoms with van der Waals surface area (Å²) in [6.07, 6.45) is 0.361. The molecule has 1 nitrogen and oxygen atoms in total. The molecule has 0 saturated heterocycles. The number of halogens is 1. The van der Waals surface area contributed by atoms with Crippen LogP contribution < -0.4 is 0 Å². The van der Waals surface area contributed by atoms with Crippen LogP contribution in [0.2, 0.25) is 0 Å². The molecule has 0 amide bonds. The predicted octanol–water partition coefficient (Wildman–Crippen LogP) is 4.18. The largest absolute Gasteiger partial charge is 0.294 e. The smallest absolute Gasteiger partial charge is 0.167 e. The van der Waals surface area contributed by atoms with Crippen molar-refractivity contribution in [2.24, 2.45) is 0 Å². The summed E-state index contributed by atoms with van der Waals surface area (Å²) in [7, 11) is 0. The molecule has 2 rings (SSSR count). The van der Waals surface area contributed by atoms with Gasteiger partial charge in [0.05, 0.1) is 0 Å². The Kier molecular flexibility index (Phi) is 3.79. The van der Waals surface area contributed by atoms with Crippen LogP contribution in [0.5, 0.6) is 0 Å². The number of aryl methyl sites for hydroxylation is 3. The predicted molar refractivity (Wildman–Crippen MR) is 75.1 cm³/mol. The Bertz CT molecular complexity index is 606. The van der Waals surface area contributed by atoms with Crippen LogP contribution >= 0.6 is 0 Å². The molecular formula is C17H17FO. The Balaban J connectivity index is 2.34. The van der Waals surface area contributed by atoms with E-state index in [0.717, 1.165) is 11.1 Å². The minimum atomic E-state index is -0.289. The number of rotatable bonds is 3. The zero-order valence-electron chi connectivity index (χ0n) is 11.5. The van der Waals surface area contributed by atoms with Crippen molar-refractivity contribution in [3.63, 3.8) is 0 Å². The minimum Gasteiger partial charge on any atom is -0.294 e. The Hall–Kier alpha value is -1.96. The van der Waals surface area contributed by atoms with Crippen molar-refractivity contribution in [2.45, 2.75) is 27.2 Å². The molecule has 0 saturated carbocycles. The number of Topliss-reactive ketones (excluding diaryl/α,β-unsaturated/α-hetero) is 1. The van der Waals surface area contributed by atoms with Crippen molar-refractivity contribution in [1.82, 2.24) is 0 Å². The van der Waals surface area contributed by atoms with Crippen LogP contribution in [0.15, 0.2) is 36.4 Å². The maximum absolute atomic E-state index is 13.3. The van der Waals surface area contributed by atoms with E-state index in [9.17, 15) is 9.18 Å². The number of ketones is 1. The monoisotopic (exact) mass is 256 g/mol. The molecular weight excluding hydrogens is 239 g/mol. The highest BCUT2D eigenvalue weighted by atomic mass is 19.1. The van der Waals surface area contributed by atoms with Crippen molar-refractivity contribution in [3.05, 3.63) is 70.0 Å². The van der Waals surface area contributed by atoms with Gasteiger partial charge in [-0.25, -0.2) is 4.39 Å². The van der Waals surface area contributed by atoms with Gasteiger partial charge >= 0.3 is 0 Å². The average Bonchev–Trinajstić information content (AvgIpc) is 2.30. The summed E-state index contributed by atoms with van der Waals surface area (Å²) in [6.45, 7) is 5.55. The van der Waals surface area contributed by atoms with Gasteiger partial charge in [-0.2, -0.15) is 0 Å². The zero-order chi connectivity index (χ0) is 14.0. The Morgan fingerprint density at radius 2 is 1.58 bits per heavy atom. The normalized spacial score (nSPS) is 10.5. The second-order valence-corrected chi connectivity index (χ2v) is 4.94. The molecule has 98 valence electrons. The van der Waals surface area contributed by atoms with E-state index in [1.165, 1.54) is 12.1 Å². The molecule has 0 bridgehead atoms. The lowest BCUT2D eigenvalue weighted by Crippen LogP contribution is -2.09. The van der Waals surface area contributed by atoms with Crippen LogP contribution in [0.25, 0.3) is 0 Å². The van der Waals surface area contributed by atoms with E-state index in [2.05, 4.69) is 0 Å². The van der Waals surface area contributed by atoms with Gasteiger partial charge in [0.1, 0.15) is 5.82 Å². The van der Waals surface area contributed by atoms with Gasteiger partial charge in [-0.15, -0.1) is 0 Å². The molecule has 0 atom stereocenters. The van der Waals surface area contributed by atoms with Crippen LogP contribution in [0.4, 0.5) is 4.39 Å². The molecule has 0 aliphatic heterocycles. The summed E-state index contributed by atoms with van der Waals surface area (Å²) in [5.74, 6) is -0.244. The van der Waals surface area contributed by atoms with E-state index in [1.807, 2.05) is 31.2 Å². The Labute approximate surface area is 113 Å². The van der Waals surface area contributed by atoms with Gasteiger partial charge in [-0.1, -0.05) is 24.3 Å². The van der Waals surface area contributed by atoms with Crippen molar-refractivity contribution in [3.8, 4) is 0 Å². The first-order chi connectivity index (χ1) is 8.99. The number of carbonyl (C=O) groups excluding carboxylic acids is 1. The molecule has 2 aromatic carbocycles. The van der Waals surface area contributed by atoms with Gasteiger partial charge in [-0.05, 0) is 55.2 Å². The number of hydrogen-bond acceptors (Lipinski definition) is 1. The van der Waals surface area contributed by atoms with Gasteiger partial charge in [0.25, 0.3) is 0 Å². The van der Waals surface area contributed by atoms with E-state index >= 15 is 0 Å². The highest BCUT2D eigenvalue weighted by Gasteiger charge is 2.14. The summed E-state index contributed by atoms with van der Waals surface area (Å²) in [5, 5.41) is 0. The fraction of sp³-hybridized carbons (Fsp3) is 0.235. The van der Waals surface area contributed by atoms with Crippen molar-refractivity contribution in [1.29, 1.82) is 0 Å². The van der Waals surface area contributed by atoms with Gasteiger partial charge in [-0.3, -0.25) is 4.79 Å². The van der Waals surface area contributed by atoms with Gasteiger partial charge in [0, 0.05) is 12.0 Å². The molecule has 0 heterocycles. The quantitative estimate of drug-likeness (QED) is 0.753. The van der Waals surface area contributed by atoms with Gasteiger partial charge < -0.3 is 0 Å². The molecule has 0 N–H and O–H groups in total. The van der Waals surface area contributed by atoms with E-state index in [1.54, 1.807) is 13.8 Å². The standard InChI is InChI=1S/C17H17FO/c1-11-6-4-5-7-14(11)10-16(19)17-12(2)8-15(18)9-13(17)3/h4-9H,10H2,1-3H3. The Morgan fingerprint density at radius 1 is 1.00 bits per heavy atom. The average molecular weight is 256 g/mol. The highest BCUT2D eigenvalue weighted by molar-refractivity contribution is 6.00. The molecule has 0 aromatic heterocycles. The third-order valence-corrected chi connectivity index (χ3v) is 3.39. The number of carbonyl (C=O) groups is 1. The first kappa shape index (κ1) is 13.5. The number of benzene rings is 2. The van der Waals surface area contributed by atoms with E-state index < -0.39 is 0 Å². The molecule has 19 heavy (non-hydrogen) atoms. The molecule has 0 spiro atoms. The van der Waals surface area contributed by atoms with Crippen LogP contribution in [0.3, 0.4) is 0 Å². The fourth-order valence-corrected chi connectivity index (χ4v) is 2.42. The first-order valence-corrected chi connectivity index (χ1v) is 6.33. The topological polar surface area (TPSA) is 17.1 Å². The maximum atomic E-state index is 13.3. The lowest BCUT2D eigenvalue weighted by Gasteiger charge is -2.10. The van der Waals surface area contributed by atoms with Crippen LogP contribution in [0.1, 0.15) is 32.6 Å². The summed E-state index contributed by atoms with van der Waals surface area (Å²) in [4.78, 5) is 12.4. The molecule has 0 aliphatic rings. The molecule has 0 radical (unpaired) electrons. The molecule has 0 aliphatic carbocycles. The molecule has 0 unspecified atom stereocenters. The van der Waals surface area contributed by atoms with Gasteiger partial charge in [0.15, 0.2) is 5.78 Å². The first-order valence-electron chi connectivity index (χ1n) is 6.33. The Morgan fingerprint density at radius 3 is 2.16 bits per heavy atom.